The molecule has 0 fully saturated rings. The predicted molar refractivity (Wildman–Crippen MR) is 72.8 cm³/mol. The zero-order valence-corrected chi connectivity index (χ0v) is 11.5. The smallest absolute Gasteiger partial charge is 0.290 e. The molecule has 0 aliphatic heterocycles. The second-order valence-electron chi connectivity index (χ2n) is 4.40. The number of aromatic amines is 1. The summed E-state index contributed by atoms with van der Waals surface area (Å²) < 4.78 is 6.94. The van der Waals surface area contributed by atoms with E-state index in [9.17, 15) is 0 Å². The molecule has 2 aromatic heterocycles. The standard InChI is InChI=1S/C13H14N6O/c1-8-12(10-5-4-6-11(7-10)20-3)9(2)19(16-8)13-14-17-18-15-13/h4-7H,1-3H3,(H,14,15,17,18). The summed E-state index contributed by atoms with van der Waals surface area (Å²) in [6, 6.07) is 7.88. The molecule has 3 aromatic rings. The Morgan fingerprint density at radius 2 is 2.10 bits per heavy atom. The van der Waals surface area contributed by atoms with E-state index in [0.29, 0.717) is 5.95 Å². The zero-order chi connectivity index (χ0) is 14.1. The Labute approximate surface area is 115 Å². The van der Waals surface area contributed by atoms with Crippen molar-refractivity contribution in [1.29, 1.82) is 0 Å². The number of aromatic nitrogens is 6. The molecule has 0 bridgehead atoms. The molecule has 2 heterocycles. The van der Waals surface area contributed by atoms with Gasteiger partial charge in [-0.3, -0.25) is 0 Å². The lowest BCUT2D eigenvalue weighted by atomic mass is 10.0. The Morgan fingerprint density at radius 3 is 2.80 bits per heavy atom. The molecule has 0 radical (unpaired) electrons. The number of hydrogen-bond donors (Lipinski definition) is 1. The summed E-state index contributed by atoms with van der Waals surface area (Å²) in [6.07, 6.45) is 0. The van der Waals surface area contributed by atoms with E-state index in [1.54, 1.807) is 11.8 Å². The first-order valence-corrected chi connectivity index (χ1v) is 6.15. The van der Waals surface area contributed by atoms with Crippen LogP contribution >= 0.6 is 0 Å². The van der Waals surface area contributed by atoms with Crippen LogP contribution < -0.4 is 4.74 Å². The minimum atomic E-state index is 0.430. The van der Waals surface area contributed by atoms with Gasteiger partial charge in [-0.25, -0.2) is 0 Å². The van der Waals surface area contributed by atoms with E-state index >= 15 is 0 Å². The third-order valence-electron chi connectivity index (χ3n) is 3.17. The van der Waals surface area contributed by atoms with Crippen molar-refractivity contribution in [3.05, 3.63) is 35.7 Å². The molecule has 1 aromatic carbocycles. The molecule has 102 valence electrons. The number of ether oxygens (including phenoxy) is 1. The Bertz CT molecular complexity index is 731. The SMILES string of the molecule is COc1cccc(-c2c(C)nn(-c3nn[nH]n3)c2C)c1. The predicted octanol–water partition coefficient (Wildman–Crippen LogP) is 1.68. The Morgan fingerprint density at radius 1 is 1.25 bits per heavy atom. The lowest BCUT2D eigenvalue weighted by molar-refractivity contribution is 0.415. The zero-order valence-electron chi connectivity index (χ0n) is 11.5. The van der Waals surface area contributed by atoms with Crippen molar-refractivity contribution in [2.24, 2.45) is 0 Å². The molecule has 0 amide bonds. The van der Waals surface area contributed by atoms with Crippen molar-refractivity contribution in [2.75, 3.05) is 7.11 Å². The molecule has 20 heavy (non-hydrogen) atoms. The first-order chi connectivity index (χ1) is 9.70. The van der Waals surface area contributed by atoms with Gasteiger partial charge in [0.1, 0.15) is 5.75 Å². The molecular formula is C13H14N6O. The van der Waals surface area contributed by atoms with Crippen LogP contribution in [0.4, 0.5) is 0 Å². The summed E-state index contributed by atoms with van der Waals surface area (Å²) in [5.74, 6) is 1.24. The normalized spacial score (nSPS) is 10.8. The number of tetrazole rings is 1. The molecule has 0 saturated carbocycles. The molecule has 1 N–H and O–H groups in total. The minimum Gasteiger partial charge on any atom is -0.497 e. The molecule has 0 spiro atoms. The molecule has 0 unspecified atom stereocenters. The fraction of sp³-hybridized carbons (Fsp3) is 0.231. The molecule has 3 rings (SSSR count). The first kappa shape index (κ1) is 12.3. The number of nitrogens with zero attached hydrogens (tertiary/aromatic N) is 5. The van der Waals surface area contributed by atoms with Crippen LogP contribution in [0, 0.1) is 13.8 Å². The maximum Gasteiger partial charge on any atom is 0.290 e. The summed E-state index contributed by atoms with van der Waals surface area (Å²) in [6.45, 7) is 3.93. The number of nitrogens with one attached hydrogen (secondary N) is 1. The maximum atomic E-state index is 5.27. The number of H-pyrrole nitrogens is 1. The Balaban J connectivity index is 2.15. The van der Waals surface area contributed by atoms with E-state index in [4.69, 9.17) is 4.74 Å². The van der Waals surface area contributed by atoms with E-state index in [-0.39, 0.29) is 0 Å². The number of benzene rings is 1. The van der Waals surface area contributed by atoms with Crippen LogP contribution in [0.2, 0.25) is 0 Å². The van der Waals surface area contributed by atoms with Gasteiger partial charge < -0.3 is 4.74 Å². The molecule has 0 saturated heterocycles. The quantitative estimate of drug-likeness (QED) is 0.783. The molecule has 7 heteroatoms. The van der Waals surface area contributed by atoms with E-state index in [1.165, 1.54) is 0 Å². The van der Waals surface area contributed by atoms with Gasteiger partial charge in [0.25, 0.3) is 5.95 Å². The van der Waals surface area contributed by atoms with Crippen LogP contribution in [-0.4, -0.2) is 37.5 Å². The fourth-order valence-electron chi connectivity index (χ4n) is 2.28. The number of rotatable bonds is 3. The topological polar surface area (TPSA) is 81.5 Å². The third-order valence-corrected chi connectivity index (χ3v) is 3.17. The second-order valence-corrected chi connectivity index (χ2v) is 4.40. The van der Waals surface area contributed by atoms with Crippen LogP contribution in [0.3, 0.4) is 0 Å². The van der Waals surface area contributed by atoms with E-state index in [1.807, 2.05) is 38.1 Å². The number of methoxy groups -OCH3 is 1. The summed E-state index contributed by atoms with van der Waals surface area (Å²) in [4.78, 5) is 0. The molecular weight excluding hydrogens is 256 g/mol. The fourth-order valence-corrected chi connectivity index (χ4v) is 2.28. The van der Waals surface area contributed by atoms with Crippen molar-refractivity contribution in [3.8, 4) is 22.8 Å². The van der Waals surface area contributed by atoms with Gasteiger partial charge in [-0.15, -0.1) is 5.10 Å². The van der Waals surface area contributed by atoms with Crippen molar-refractivity contribution < 1.29 is 4.74 Å². The summed E-state index contributed by atoms with van der Waals surface area (Å²) in [5.41, 5.74) is 3.96. The van der Waals surface area contributed by atoms with Crippen LogP contribution in [0.15, 0.2) is 24.3 Å². The van der Waals surface area contributed by atoms with Gasteiger partial charge in [-0.1, -0.05) is 17.2 Å². The molecule has 0 aliphatic rings. The van der Waals surface area contributed by atoms with Crippen molar-refractivity contribution in [2.45, 2.75) is 13.8 Å². The summed E-state index contributed by atoms with van der Waals surface area (Å²) in [5, 5.41) is 18.4. The van der Waals surface area contributed by atoms with Gasteiger partial charge in [-0.05, 0) is 36.8 Å². The van der Waals surface area contributed by atoms with E-state index in [2.05, 4.69) is 25.7 Å². The summed E-state index contributed by atoms with van der Waals surface area (Å²) >= 11 is 0. The summed E-state index contributed by atoms with van der Waals surface area (Å²) in [7, 11) is 1.65. The second kappa shape index (κ2) is 4.76. The van der Waals surface area contributed by atoms with Gasteiger partial charge >= 0.3 is 0 Å². The van der Waals surface area contributed by atoms with Crippen LogP contribution in [0.5, 0.6) is 5.75 Å². The van der Waals surface area contributed by atoms with Gasteiger partial charge in [0.15, 0.2) is 0 Å². The first-order valence-electron chi connectivity index (χ1n) is 6.15. The van der Waals surface area contributed by atoms with Crippen LogP contribution in [-0.2, 0) is 0 Å². The highest BCUT2D eigenvalue weighted by Crippen LogP contribution is 2.30. The van der Waals surface area contributed by atoms with E-state index in [0.717, 1.165) is 28.3 Å². The molecule has 0 aliphatic carbocycles. The Kier molecular flexibility index (Phi) is 2.94. The number of aryl methyl sites for hydroxylation is 1. The van der Waals surface area contributed by atoms with E-state index < -0.39 is 0 Å². The van der Waals surface area contributed by atoms with Crippen molar-refractivity contribution >= 4 is 0 Å². The van der Waals surface area contributed by atoms with Gasteiger partial charge in [0, 0.05) is 5.56 Å². The van der Waals surface area contributed by atoms with Crippen molar-refractivity contribution in [3.63, 3.8) is 0 Å². The number of hydrogen-bond acceptors (Lipinski definition) is 5. The van der Waals surface area contributed by atoms with Crippen molar-refractivity contribution in [1.82, 2.24) is 30.4 Å². The average molecular weight is 270 g/mol. The van der Waals surface area contributed by atoms with Crippen LogP contribution in [0.1, 0.15) is 11.4 Å². The Hall–Kier alpha value is -2.70. The van der Waals surface area contributed by atoms with Gasteiger partial charge in [0.2, 0.25) is 0 Å². The average Bonchev–Trinajstić information content (AvgIpc) is 3.07. The lowest BCUT2D eigenvalue weighted by Gasteiger charge is -2.05. The van der Waals surface area contributed by atoms with Gasteiger partial charge in [-0.2, -0.15) is 15.0 Å². The highest BCUT2D eigenvalue weighted by Gasteiger charge is 2.16. The molecule has 7 nitrogen and oxygen atoms in total. The highest BCUT2D eigenvalue weighted by atomic mass is 16.5. The highest BCUT2D eigenvalue weighted by molar-refractivity contribution is 5.70. The largest absolute Gasteiger partial charge is 0.497 e. The van der Waals surface area contributed by atoms with Crippen LogP contribution in [0.25, 0.3) is 17.1 Å². The maximum absolute atomic E-state index is 5.27. The molecule has 0 atom stereocenters. The monoisotopic (exact) mass is 270 g/mol. The minimum absolute atomic E-state index is 0.430. The third kappa shape index (κ3) is 1.93. The van der Waals surface area contributed by atoms with Gasteiger partial charge in [0.05, 0.1) is 18.5 Å². The lowest BCUT2D eigenvalue weighted by Crippen LogP contribution is -2.01.